The van der Waals surface area contributed by atoms with E-state index in [1.807, 2.05) is 0 Å². The van der Waals surface area contributed by atoms with Gasteiger partial charge in [-0.2, -0.15) is 0 Å². The van der Waals surface area contributed by atoms with Gasteiger partial charge in [0, 0.05) is 17.2 Å². The molecule has 2 heterocycles. The Kier molecular flexibility index (Phi) is 6.03. The molecule has 0 aromatic rings. The maximum atomic E-state index is 12.7. The lowest BCUT2D eigenvalue weighted by Crippen LogP contribution is -2.60. The number of allylic oxidation sites excluding steroid dienone is 2. The van der Waals surface area contributed by atoms with Crippen LogP contribution in [-0.2, 0) is 28.2 Å². The molecule has 1 spiro atoms. The number of methoxy groups -OCH3 is 1. The number of amides is 1. The lowest BCUT2D eigenvalue weighted by atomic mass is 9.72. The van der Waals surface area contributed by atoms with Crippen LogP contribution in [0.5, 0.6) is 0 Å². The minimum atomic E-state index is -2.46. The minimum Gasteiger partial charge on any atom is -0.453 e. The molecule has 0 aromatic carbocycles. The van der Waals surface area contributed by atoms with E-state index >= 15 is 0 Å². The van der Waals surface area contributed by atoms with Crippen LogP contribution >= 0.6 is 0 Å². The Morgan fingerprint density at radius 3 is 2.53 bits per heavy atom. The summed E-state index contributed by atoms with van der Waals surface area (Å²) in [6.45, 7) is 11.2. The van der Waals surface area contributed by atoms with Crippen LogP contribution in [0.2, 0.25) is 18.1 Å². The van der Waals surface area contributed by atoms with Gasteiger partial charge < -0.3 is 23.4 Å². The van der Waals surface area contributed by atoms with Crippen molar-refractivity contribution in [1.29, 1.82) is 0 Å². The van der Waals surface area contributed by atoms with Gasteiger partial charge in [-0.1, -0.05) is 38.5 Å². The minimum absolute atomic E-state index is 0.107. The molecular weight excluding hydrogens is 454 g/mol. The zero-order chi connectivity index (χ0) is 24.8. The van der Waals surface area contributed by atoms with Crippen molar-refractivity contribution in [3.05, 3.63) is 35.1 Å². The Morgan fingerprint density at radius 1 is 1.21 bits per heavy atom. The van der Waals surface area contributed by atoms with Gasteiger partial charge in [-0.15, -0.1) is 0 Å². The number of rotatable bonds is 3. The van der Waals surface area contributed by atoms with Crippen molar-refractivity contribution in [1.82, 2.24) is 5.32 Å². The number of nitrogens with one attached hydrogen (secondary N) is 1. The van der Waals surface area contributed by atoms with E-state index in [1.165, 1.54) is 13.2 Å². The Balaban J connectivity index is 2.05. The number of hydrogen-bond acceptors (Lipinski definition) is 7. The Morgan fingerprint density at radius 2 is 1.88 bits per heavy atom. The number of alkyl carbamates (subject to hydrolysis) is 1. The lowest BCUT2D eigenvalue weighted by molar-refractivity contribution is -0.162. The van der Waals surface area contributed by atoms with Crippen molar-refractivity contribution < 1.29 is 33.0 Å². The second-order valence-electron chi connectivity index (χ2n) is 9.99. The standard InChI is InChI=1S/C25H29NO7Si/c1-23(2,3)34(5,6)33-24-12-10-8-7-9-11-18-20(17(24)15-19(27)32-18)21(26-22(28)29-4)25(16-24)30-13-14-31-25/h7-8,15,18H,13-14,16H2,1-6H3,(H,26,28)/b8-7-/t18-,24-/m1/s1. The zero-order valence-electron chi connectivity index (χ0n) is 20.3. The van der Waals surface area contributed by atoms with E-state index < -0.39 is 37.9 Å². The highest BCUT2D eigenvalue weighted by atomic mass is 28.4. The molecule has 1 N–H and O–H groups in total. The van der Waals surface area contributed by atoms with Crippen LogP contribution in [-0.4, -0.2) is 58.2 Å². The molecular formula is C25H29NO7Si. The molecule has 180 valence electrons. The summed E-state index contributed by atoms with van der Waals surface area (Å²) >= 11 is 0. The lowest BCUT2D eigenvalue weighted by Gasteiger charge is -2.51. The van der Waals surface area contributed by atoms with Gasteiger partial charge in [0.05, 0.1) is 32.4 Å². The molecule has 0 saturated carbocycles. The quantitative estimate of drug-likeness (QED) is 0.375. The maximum Gasteiger partial charge on any atom is 0.411 e. The van der Waals surface area contributed by atoms with Gasteiger partial charge >= 0.3 is 12.1 Å². The van der Waals surface area contributed by atoms with Crippen LogP contribution in [0.1, 0.15) is 27.2 Å². The topological polar surface area (TPSA) is 92.3 Å². The van der Waals surface area contributed by atoms with Crippen LogP contribution in [0.15, 0.2) is 35.1 Å². The van der Waals surface area contributed by atoms with Gasteiger partial charge in [-0.05, 0) is 36.2 Å². The highest BCUT2D eigenvalue weighted by Gasteiger charge is 2.61. The van der Waals surface area contributed by atoms with Crippen molar-refractivity contribution in [2.75, 3.05) is 20.3 Å². The summed E-state index contributed by atoms with van der Waals surface area (Å²) in [6, 6.07) is 0. The van der Waals surface area contributed by atoms with Crippen LogP contribution in [0, 0.1) is 23.7 Å². The van der Waals surface area contributed by atoms with Gasteiger partial charge in [0.1, 0.15) is 0 Å². The molecule has 2 aliphatic heterocycles. The number of esters is 1. The summed E-state index contributed by atoms with van der Waals surface area (Å²) in [5.74, 6) is 10.2. The summed E-state index contributed by atoms with van der Waals surface area (Å²) in [7, 11) is -1.19. The first kappa shape index (κ1) is 24.3. The predicted molar refractivity (Wildman–Crippen MR) is 125 cm³/mol. The highest BCUT2D eigenvalue weighted by Crippen LogP contribution is 2.53. The molecule has 1 fully saturated rings. The molecule has 2 aliphatic carbocycles. The second-order valence-corrected chi connectivity index (χ2v) is 14.7. The van der Waals surface area contributed by atoms with Crippen LogP contribution in [0.3, 0.4) is 0 Å². The number of hydrogen-bond donors (Lipinski definition) is 1. The third-order valence-corrected chi connectivity index (χ3v) is 11.2. The fraction of sp³-hybridized carbons (Fsp3) is 0.520. The first-order chi connectivity index (χ1) is 15.9. The van der Waals surface area contributed by atoms with Gasteiger partial charge in [0.2, 0.25) is 5.79 Å². The van der Waals surface area contributed by atoms with Gasteiger partial charge in [0.15, 0.2) is 20.0 Å². The largest absolute Gasteiger partial charge is 0.453 e. The molecule has 4 rings (SSSR count). The number of carbonyl (C=O) groups is 2. The smallest absolute Gasteiger partial charge is 0.411 e. The summed E-state index contributed by atoms with van der Waals surface area (Å²) in [6.07, 6.45) is 3.02. The Hall–Kier alpha value is -2.82. The molecule has 8 nitrogen and oxygen atoms in total. The van der Waals surface area contributed by atoms with Crippen LogP contribution < -0.4 is 5.32 Å². The normalized spacial score (nSPS) is 28.0. The monoisotopic (exact) mass is 483 g/mol. The van der Waals surface area contributed by atoms with E-state index in [9.17, 15) is 9.59 Å². The molecule has 0 radical (unpaired) electrons. The van der Waals surface area contributed by atoms with E-state index in [2.05, 4.69) is 62.9 Å². The number of ether oxygens (including phenoxy) is 4. The maximum absolute atomic E-state index is 12.7. The molecule has 9 heteroatoms. The molecule has 1 amide bonds. The second kappa shape index (κ2) is 8.44. The molecule has 2 atom stereocenters. The first-order valence-electron chi connectivity index (χ1n) is 11.1. The van der Waals surface area contributed by atoms with E-state index in [0.29, 0.717) is 24.4 Å². The molecule has 4 aliphatic rings. The molecule has 1 saturated heterocycles. The van der Waals surface area contributed by atoms with Gasteiger partial charge in [0.25, 0.3) is 0 Å². The fourth-order valence-electron chi connectivity index (χ4n) is 4.16. The average molecular weight is 484 g/mol. The highest BCUT2D eigenvalue weighted by molar-refractivity contribution is 6.74. The molecule has 0 unspecified atom stereocenters. The summed E-state index contributed by atoms with van der Waals surface area (Å²) in [4.78, 5) is 25.1. The van der Waals surface area contributed by atoms with Crippen molar-refractivity contribution >= 4 is 20.4 Å². The third-order valence-electron chi connectivity index (χ3n) is 6.76. The Labute approximate surface area is 200 Å². The first-order valence-corrected chi connectivity index (χ1v) is 14.0. The van der Waals surface area contributed by atoms with Crippen LogP contribution in [0.25, 0.3) is 0 Å². The molecule has 4 bridgehead atoms. The SMILES string of the molecule is COC(=O)NC1=C2C3=CC(=O)O[C@@H]2C#C/C=C\C#C[C@@]3(O[Si](C)(C)C(C)(C)C)CC12OCCO2. The van der Waals surface area contributed by atoms with Gasteiger partial charge in [-0.3, -0.25) is 5.32 Å². The molecule has 0 aromatic heterocycles. The van der Waals surface area contributed by atoms with Crippen LogP contribution in [0.4, 0.5) is 4.79 Å². The molecule has 34 heavy (non-hydrogen) atoms. The van der Waals surface area contributed by atoms with E-state index in [-0.39, 0.29) is 17.2 Å². The van der Waals surface area contributed by atoms with Crippen molar-refractivity contribution in [2.24, 2.45) is 0 Å². The third kappa shape index (κ3) is 4.10. The summed E-state index contributed by atoms with van der Waals surface area (Å²) in [5, 5.41) is 2.60. The predicted octanol–water partition coefficient (Wildman–Crippen LogP) is 2.93. The van der Waals surface area contributed by atoms with Crippen molar-refractivity contribution in [3.8, 4) is 23.7 Å². The summed E-state index contributed by atoms with van der Waals surface area (Å²) in [5.41, 5.74) is -0.0399. The van der Waals surface area contributed by atoms with Crippen molar-refractivity contribution in [3.63, 3.8) is 0 Å². The zero-order valence-corrected chi connectivity index (χ0v) is 21.3. The van der Waals surface area contributed by atoms with E-state index in [0.717, 1.165) is 0 Å². The Bertz CT molecular complexity index is 1130. The van der Waals surface area contributed by atoms with E-state index in [1.54, 1.807) is 12.2 Å². The fourth-order valence-corrected chi connectivity index (χ4v) is 5.57. The number of carbonyl (C=O) groups excluding carboxylic acids is 2. The average Bonchev–Trinajstić information content (AvgIpc) is 3.20. The summed E-state index contributed by atoms with van der Waals surface area (Å²) < 4.78 is 29.7. The van der Waals surface area contributed by atoms with Crippen molar-refractivity contribution in [2.45, 2.75) is 62.8 Å². The van der Waals surface area contributed by atoms with Gasteiger partial charge in [-0.25, -0.2) is 9.59 Å². The van der Waals surface area contributed by atoms with E-state index in [4.69, 9.17) is 23.4 Å².